The van der Waals surface area contributed by atoms with Gasteiger partial charge in [-0.2, -0.15) is 0 Å². The summed E-state index contributed by atoms with van der Waals surface area (Å²) in [5.41, 5.74) is 0. The fourth-order valence-electron chi connectivity index (χ4n) is 1.55. The zero-order valence-corrected chi connectivity index (χ0v) is 10.7. The van der Waals surface area contributed by atoms with Crippen molar-refractivity contribution in [3.8, 4) is 0 Å². The number of aliphatic carboxylic acids is 1. The Hall–Kier alpha value is -0.460. The predicted molar refractivity (Wildman–Crippen MR) is 65.5 cm³/mol. The van der Waals surface area contributed by atoms with Crippen LogP contribution in [-0.2, 0) is 4.79 Å². The summed E-state index contributed by atoms with van der Waals surface area (Å²) in [6, 6.07) is -0.832. The van der Waals surface area contributed by atoms with Crippen molar-refractivity contribution in [1.29, 1.82) is 0 Å². The van der Waals surface area contributed by atoms with Crippen LogP contribution in [0.4, 0.5) is 0 Å². The topological polar surface area (TPSA) is 182 Å². The fraction of sp³-hybridized carbons (Fsp3) is 0.889. The maximum atomic E-state index is 10.7. The Labute approximate surface area is 113 Å². The molecule has 0 aromatic rings. The first kappa shape index (κ1) is 18.5. The lowest BCUT2D eigenvalue weighted by molar-refractivity contribution is -0.139. The van der Waals surface area contributed by atoms with E-state index in [2.05, 4.69) is 5.32 Å². The Morgan fingerprint density at radius 2 is 1.84 bits per heavy atom. The van der Waals surface area contributed by atoms with Crippen molar-refractivity contribution in [2.45, 2.75) is 35.8 Å². The summed E-state index contributed by atoms with van der Waals surface area (Å²) < 4.78 is 0. The first-order valence-electron chi connectivity index (χ1n) is 5.32. The molecule has 0 amide bonds. The number of carbonyl (C=O) groups is 1. The molecule has 6 atom stereocenters. The molecule has 19 heavy (non-hydrogen) atoms. The number of hydrogen-bond acceptors (Lipinski definition) is 8. The number of rotatable bonds is 6. The third kappa shape index (κ3) is 4.54. The van der Waals surface area contributed by atoms with Gasteiger partial charge in [-0.25, -0.2) is 0 Å². The van der Waals surface area contributed by atoms with Crippen LogP contribution in [0.1, 0.15) is 0 Å². The zero-order chi connectivity index (χ0) is 13.9. The number of aliphatic hydroxyl groups is 5. The molecule has 9 N–H and O–H groups in total. The minimum atomic E-state index is -1.71. The molecule has 0 bridgehead atoms. The molecule has 1 rings (SSSR count). The lowest BCUT2D eigenvalue weighted by atomic mass is 10.0. The van der Waals surface area contributed by atoms with Crippen LogP contribution in [0.15, 0.2) is 0 Å². The first-order valence-corrected chi connectivity index (χ1v) is 6.37. The molecule has 0 aromatic heterocycles. The summed E-state index contributed by atoms with van der Waals surface area (Å²) in [7, 11) is 0. The van der Waals surface area contributed by atoms with Crippen LogP contribution in [0.2, 0.25) is 0 Å². The summed E-state index contributed by atoms with van der Waals surface area (Å²) in [5, 5.41) is 57.1. The van der Waals surface area contributed by atoms with Gasteiger partial charge in [-0.1, -0.05) is 0 Å². The number of thioether (sulfide) groups is 1. The van der Waals surface area contributed by atoms with E-state index >= 15 is 0 Å². The van der Waals surface area contributed by atoms with E-state index in [9.17, 15) is 20.1 Å². The Morgan fingerprint density at radius 1 is 1.26 bits per heavy atom. The van der Waals surface area contributed by atoms with Crippen LogP contribution >= 0.6 is 11.8 Å². The first-order chi connectivity index (χ1) is 8.38. The second kappa shape index (κ2) is 7.97. The van der Waals surface area contributed by atoms with Gasteiger partial charge in [0.2, 0.25) is 0 Å². The second-order valence-electron chi connectivity index (χ2n) is 4.03. The Bertz CT molecular complexity index is 293. The van der Waals surface area contributed by atoms with E-state index in [0.29, 0.717) is 0 Å². The second-order valence-corrected chi connectivity index (χ2v) is 5.21. The largest absolute Gasteiger partial charge is 0.480 e. The maximum Gasteiger partial charge on any atom is 0.321 e. The SMILES string of the molecule is O.O=C(O)[C@@H]1CSC([C@H](O)[C@@H](O)[C@@H](O)[C@H](O)CO)N1. The van der Waals surface area contributed by atoms with Gasteiger partial charge in [0.1, 0.15) is 30.5 Å². The monoisotopic (exact) mass is 301 g/mol. The molecule has 9 nitrogen and oxygen atoms in total. The van der Waals surface area contributed by atoms with E-state index in [1.807, 2.05) is 0 Å². The van der Waals surface area contributed by atoms with E-state index in [4.69, 9.17) is 15.3 Å². The van der Waals surface area contributed by atoms with Gasteiger partial charge >= 0.3 is 5.97 Å². The molecule has 1 fully saturated rings. The van der Waals surface area contributed by atoms with Crippen molar-refractivity contribution < 1.29 is 40.9 Å². The lowest BCUT2D eigenvalue weighted by Crippen LogP contribution is -2.52. The molecule has 114 valence electrons. The van der Waals surface area contributed by atoms with Gasteiger partial charge in [-0.3, -0.25) is 10.1 Å². The zero-order valence-electron chi connectivity index (χ0n) is 9.88. The predicted octanol–water partition coefficient (Wildman–Crippen LogP) is -4.29. The molecule has 0 aromatic carbocycles. The minimum Gasteiger partial charge on any atom is -0.480 e. The van der Waals surface area contributed by atoms with Gasteiger partial charge in [-0.05, 0) is 0 Å². The van der Waals surface area contributed by atoms with Crippen LogP contribution in [0.3, 0.4) is 0 Å². The van der Waals surface area contributed by atoms with Crippen molar-refractivity contribution >= 4 is 17.7 Å². The molecule has 1 heterocycles. The Balaban J connectivity index is 0.00000324. The molecule has 0 spiro atoms. The van der Waals surface area contributed by atoms with Crippen LogP contribution in [-0.4, -0.2) is 90.3 Å². The molecular weight excluding hydrogens is 282 g/mol. The van der Waals surface area contributed by atoms with E-state index in [1.165, 1.54) is 0 Å². The average molecular weight is 301 g/mol. The van der Waals surface area contributed by atoms with Gasteiger partial charge in [0.05, 0.1) is 12.0 Å². The molecule has 1 saturated heterocycles. The highest BCUT2D eigenvalue weighted by molar-refractivity contribution is 8.00. The summed E-state index contributed by atoms with van der Waals surface area (Å²) in [5.74, 6) is -0.842. The van der Waals surface area contributed by atoms with Crippen LogP contribution in [0.25, 0.3) is 0 Å². The average Bonchev–Trinajstić information content (AvgIpc) is 2.84. The number of aliphatic hydroxyl groups excluding tert-OH is 5. The van der Waals surface area contributed by atoms with Gasteiger partial charge in [0, 0.05) is 5.75 Å². The molecular formula is C9H19NO8S. The van der Waals surface area contributed by atoms with Crippen LogP contribution in [0.5, 0.6) is 0 Å². The fourth-order valence-corrected chi connectivity index (χ4v) is 2.81. The Kier molecular flexibility index (Phi) is 7.78. The minimum absolute atomic E-state index is 0. The van der Waals surface area contributed by atoms with Crippen LogP contribution in [0, 0.1) is 0 Å². The van der Waals surface area contributed by atoms with Crippen molar-refractivity contribution in [1.82, 2.24) is 5.32 Å². The van der Waals surface area contributed by atoms with Crippen molar-refractivity contribution in [2.24, 2.45) is 0 Å². The smallest absolute Gasteiger partial charge is 0.321 e. The Morgan fingerprint density at radius 3 is 2.26 bits per heavy atom. The highest BCUT2D eigenvalue weighted by atomic mass is 32.2. The molecule has 0 radical (unpaired) electrons. The van der Waals surface area contributed by atoms with Gasteiger partial charge in [-0.15, -0.1) is 11.8 Å². The highest BCUT2D eigenvalue weighted by Crippen LogP contribution is 2.24. The van der Waals surface area contributed by atoms with E-state index in [-0.39, 0.29) is 11.2 Å². The normalized spacial score (nSPS) is 29.1. The molecule has 1 aliphatic heterocycles. The van der Waals surface area contributed by atoms with Gasteiger partial charge in [0.15, 0.2) is 0 Å². The summed E-state index contributed by atoms with van der Waals surface area (Å²) in [4.78, 5) is 10.7. The standard InChI is InChI=1S/C9H17NO7S.H2O/c11-1-4(12)5(13)6(14)7(15)8-10-3(2-18-8)9(16)17;/h3-8,10-15H,1-2H2,(H,16,17);1H2/t3-,4+,5-,6-,7+,8?;/m0./s1. The van der Waals surface area contributed by atoms with E-state index in [1.54, 1.807) is 0 Å². The van der Waals surface area contributed by atoms with Gasteiger partial charge < -0.3 is 36.1 Å². The van der Waals surface area contributed by atoms with E-state index in [0.717, 1.165) is 11.8 Å². The van der Waals surface area contributed by atoms with Crippen molar-refractivity contribution in [3.05, 3.63) is 0 Å². The number of nitrogens with one attached hydrogen (secondary N) is 1. The highest BCUT2D eigenvalue weighted by Gasteiger charge is 2.40. The molecule has 1 unspecified atom stereocenters. The van der Waals surface area contributed by atoms with Crippen LogP contribution < -0.4 is 5.32 Å². The maximum absolute atomic E-state index is 10.7. The third-order valence-electron chi connectivity index (χ3n) is 2.70. The van der Waals surface area contributed by atoms with E-state index < -0.39 is 48.4 Å². The summed E-state index contributed by atoms with van der Waals surface area (Å²) in [6.07, 6.45) is -6.44. The third-order valence-corrected chi connectivity index (χ3v) is 4.00. The number of hydrogen-bond donors (Lipinski definition) is 7. The molecule has 1 aliphatic rings. The quantitative estimate of drug-likeness (QED) is 0.255. The molecule has 0 saturated carbocycles. The molecule has 10 heteroatoms. The van der Waals surface area contributed by atoms with Crippen molar-refractivity contribution in [3.63, 3.8) is 0 Å². The summed E-state index contributed by atoms with van der Waals surface area (Å²) >= 11 is 1.09. The number of carboxylic acid groups (broad SMARTS) is 1. The van der Waals surface area contributed by atoms with Crippen molar-refractivity contribution in [2.75, 3.05) is 12.4 Å². The van der Waals surface area contributed by atoms with Gasteiger partial charge in [0.25, 0.3) is 0 Å². The summed E-state index contributed by atoms with van der Waals surface area (Å²) in [6.45, 7) is -0.756. The number of carboxylic acids is 1. The lowest BCUT2D eigenvalue weighted by Gasteiger charge is -2.28. The molecule has 0 aliphatic carbocycles.